The van der Waals surface area contributed by atoms with Gasteiger partial charge in [-0.3, -0.25) is 9.88 Å². The van der Waals surface area contributed by atoms with Gasteiger partial charge in [-0.05, 0) is 64.1 Å². The van der Waals surface area contributed by atoms with Gasteiger partial charge in [-0.25, -0.2) is 23.6 Å². The predicted molar refractivity (Wildman–Crippen MR) is 223 cm³/mol. The summed E-state index contributed by atoms with van der Waals surface area (Å²) in [5.74, 6) is 2.06. The molecule has 4 heterocycles. The maximum atomic E-state index is 18.1. The number of terminal acetylenes is 1. The Bertz CT molecular complexity index is 2570. The third-order valence-electron chi connectivity index (χ3n) is 10.6. The lowest BCUT2D eigenvalue weighted by Gasteiger charge is -2.42. The van der Waals surface area contributed by atoms with Gasteiger partial charge in [-0.1, -0.05) is 72.7 Å². The number of amides is 1. The summed E-state index contributed by atoms with van der Waals surface area (Å²) in [7, 11) is 1.50. The fraction of sp³-hybridized carbons (Fsp3) is 0.277. The molecule has 0 spiro atoms. The van der Waals surface area contributed by atoms with E-state index in [1.54, 1.807) is 24.4 Å². The van der Waals surface area contributed by atoms with Gasteiger partial charge in [-0.15, -0.1) is 6.42 Å². The molecule has 4 aromatic carbocycles. The Morgan fingerprint density at radius 1 is 0.948 bits per heavy atom. The third-order valence-corrected chi connectivity index (χ3v) is 10.6. The van der Waals surface area contributed by atoms with E-state index in [-0.39, 0.29) is 47.2 Å². The minimum Gasteiger partial charge on any atom is -0.468 e. The molecular weight excluding hydrogens is 737 g/mol. The standard InChI is InChI=1S/C47H43F2N5O4/c1-7-35-38(48)21-18-31-22-34(57-27-56-6)23-36(39(31)35)44-41(49)40-37(24-50-44)45(53-25-32-19-20-33(26-53)54(32)46(55)58-47(3,4)5)51-28(2)42(40)52-43(29-14-10-8-11-15-29)30-16-12-9-13-17-30/h1,8-18,21-24,32-33H,19-20,25-27H2,2-6H3. The lowest BCUT2D eigenvalue weighted by molar-refractivity contribution is 0.0123. The molecule has 2 atom stereocenters. The summed E-state index contributed by atoms with van der Waals surface area (Å²) >= 11 is 0. The van der Waals surface area contributed by atoms with E-state index >= 15 is 8.78 Å². The van der Waals surface area contributed by atoms with Gasteiger partial charge in [0.25, 0.3) is 0 Å². The minimum atomic E-state index is -0.684. The van der Waals surface area contributed by atoms with Crippen molar-refractivity contribution in [2.24, 2.45) is 4.99 Å². The number of aliphatic imine (C=N–C) groups is 1. The topological polar surface area (TPSA) is 89.4 Å². The highest BCUT2D eigenvalue weighted by Crippen LogP contribution is 2.44. The number of piperazine rings is 1. The number of ether oxygens (including phenoxy) is 3. The molecule has 2 bridgehead atoms. The van der Waals surface area contributed by atoms with Gasteiger partial charge in [0.15, 0.2) is 12.6 Å². The summed E-state index contributed by atoms with van der Waals surface area (Å²) in [4.78, 5) is 32.5. The first-order valence-electron chi connectivity index (χ1n) is 19.2. The molecule has 0 saturated carbocycles. The first-order valence-corrected chi connectivity index (χ1v) is 19.2. The van der Waals surface area contributed by atoms with E-state index in [0.717, 1.165) is 24.0 Å². The molecule has 2 fully saturated rings. The minimum absolute atomic E-state index is 0.0225. The van der Waals surface area contributed by atoms with Crippen LogP contribution in [0.25, 0.3) is 32.8 Å². The van der Waals surface area contributed by atoms with Gasteiger partial charge in [0.2, 0.25) is 0 Å². The zero-order valence-electron chi connectivity index (χ0n) is 33.1. The fourth-order valence-corrected chi connectivity index (χ4v) is 8.15. The van der Waals surface area contributed by atoms with Crippen LogP contribution < -0.4 is 9.64 Å². The number of anilines is 1. The summed E-state index contributed by atoms with van der Waals surface area (Å²) in [6.07, 6.45) is 8.76. The largest absolute Gasteiger partial charge is 0.468 e. The summed E-state index contributed by atoms with van der Waals surface area (Å²) < 4.78 is 50.2. The van der Waals surface area contributed by atoms with Crippen molar-refractivity contribution in [3.63, 3.8) is 0 Å². The average molecular weight is 780 g/mol. The Kier molecular flexibility index (Phi) is 10.3. The smallest absolute Gasteiger partial charge is 0.410 e. The molecular formula is C47H43F2N5O4. The van der Waals surface area contributed by atoms with Crippen LogP contribution in [0.5, 0.6) is 5.75 Å². The molecule has 2 aromatic heterocycles. The second-order valence-electron chi connectivity index (χ2n) is 15.6. The van der Waals surface area contributed by atoms with E-state index in [0.29, 0.717) is 57.9 Å². The number of nitrogens with zero attached hydrogens (tertiary/aromatic N) is 5. The monoisotopic (exact) mass is 779 g/mol. The molecule has 2 aliphatic rings. The highest BCUT2D eigenvalue weighted by atomic mass is 19.1. The first kappa shape index (κ1) is 38.5. The number of pyridine rings is 2. The van der Waals surface area contributed by atoms with Crippen molar-refractivity contribution in [1.29, 1.82) is 0 Å². The van der Waals surface area contributed by atoms with E-state index in [1.807, 2.05) is 93.3 Å². The van der Waals surface area contributed by atoms with Crippen molar-refractivity contribution < 1.29 is 27.8 Å². The fourth-order valence-electron chi connectivity index (χ4n) is 8.15. The number of rotatable bonds is 8. The number of hydrogen-bond donors (Lipinski definition) is 0. The lowest BCUT2D eigenvalue weighted by atomic mass is 9.95. The van der Waals surface area contributed by atoms with Crippen LogP contribution in [0.3, 0.4) is 0 Å². The van der Waals surface area contributed by atoms with Gasteiger partial charge in [0.05, 0.1) is 40.1 Å². The molecule has 6 aromatic rings. The molecule has 2 unspecified atom stereocenters. The highest BCUT2D eigenvalue weighted by molar-refractivity contribution is 6.16. The van der Waals surface area contributed by atoms with Gasteiger partial charge in [0.1, 0.15) is 28.7 Å². The number of benzene rings is 4. The van der Waals surface area contributed by atoms with Crippen molar-refractivity contribution >= 4 is 44.9 Å². The molecule has 1 amide bonds. The second kappa shape index (κ2) is 15.5. The van der Waals surface area contributed by atoms with E-state index in [9.17, 15) is 4.79 Å². The van der Waals surface area contributed by atoms with Crippen molar-refractivity contribution in [3.8, 4) is 29.4 Å². The molecule has 9 nitrogen and oxygen atoms in total. The Hall–Kier alpha value is -6.38. The molecule has 2 aliphatic heterocycles. The zero-order valence-corrected chi connectivity index (χ0v) is 33.1. The Labute approximate surface area is 336 Å². The number of hydrogen-bond acceptors (Lipinski definition) is 8. The molecule has 8 rings (SSSR count). The molecule has 2 saturated heterocycles. The van der Waals surface area contributed by atoms with Crippen LogP contribution in [0.15, 0.2) is 96.1 Å². The van der Waals surface area contributed by atoms with Crippen LogP contribution in [0.1, 0.15) is 56.0 Å². The Balaban J connectivity index is 1.37. The van der Waals surface area contributed by atoms with Gasteiger partial charge < -0.3 is 19.1 Å². The van der Waals surface area contributed by atoms with E-state index in [2.05, 4.69) is 10.8 Å². The van der Waals surface area contributed by atoms with Crippen LogP contribution >= 0.6 is 0 Å². The quantitative estimate of drug-likeness (QED) is 0.0864. The van der Waals surface area contributed by atoms with Crippen LogP contribution in [-0.2, 0) is 9.47 Å². The van der Waals surface area contributed by atoms with E-state index in [1.165, 1.54) is 13.2 Å². The predicted octanol–water partition coefficient (Wildman–Crippen LogP) is 9.76. The molecule has 0 N–H and O–H groups in total. The summed E-state index contributed by atoms with van der Waals surface area (Å²) in [5, 5.41) is 1.49. The van der Waals surface area contributed by atoms with Crippen molar-refractivity contribution in [3.05, 3.63) is 125 Å². The molecule has 0 radical (unpaired) electrons. The highest BCUT2D eigenvalue weighted by Gasteiger charge is 2.45. The van der Waals surface area contributed by atoms with Gasteiger partial charge in [-0.2, -0.15) is 0 Å². The summed E-state index contributed by atoms with van der Waals surface area (Å²) in [5.41, 5.74) is 2.62. The van der Waals surface area contributed by atoms with Crippen LogP contribution in [0, 0.1) is 30.9 Å². The van der Waals surface area contributed by atoms with Crippen LogP contribution in [-0.4, -0.2) is 71.3 Å². The average Bonchev–Trinajstić information content (AvgIpc) is 3.48. The molecule has 0 aliphatic carbocycles. The number of carbonyl (C=O) groups is 1. The first-order chi connectivity index (χ1) is 28.0. The van der Waals surface area contributed by atoms with Crippen molar-refractivity contribution in [2.45, 2.75) is 58.2 Å². The Morgan fingerprint density at radius 2 is 1.60 bits per heavy atom. The number of methoxy groups -OCH3 is 1. The Morgan fingerprint density at radius 3 is 2.21 bits per heavy atom. The normalized spacial score (nSPS) is 16.4. The second-order valence-corrected chi connectivity index (χ2v) is 15.6. The van der Waals surface area contributed by atoms with Gasteiger partial charge >= 0.3 is 6.09 Å². The number of halogens is 2. The summed E-state index contributed by atoms with van der Waals surface area (Å²) in [6, 6.07) is 25.3. The number of fused-ring (bicyclic) bond motifs is 4. The summed E-state index contributed by atoms with van der Waals surface area (Å²) in [6.45, 7) is 8.27. The third kappa shape index (κ3) is 7.20. The lowest BCUT2D eigenvalue weighted by Crippen LogP contribution is -2.57. The number of aryl methyl sites for hydroxylation is 1. The van der Waals surface area contributed by atoms with Crippen molar-refractivity contribution in [1.82, 2.24) is 14.9 Å². The maximum Gasteiger partial charge on any atom is 0.410 e. The van der Waals surface area contributed by atoms with E-state index in [4.69, 9.17) is 35.6 Å². The van der Waals surface area contributed by atoms with Crippen molar-refractivity contribution in [2.75, 3.05) is 31.9 Å². The number of carbonyl (C=O) groups excluding carboxylic acids is 1. The van der Waals surface area contributed by atoms with E-state index < -0.39 is 17.2 Å². The van der Waals surface area contributed by atoms with Gasteiger partial charge in [0, 0.05) is 53.9 Å². The SMILES string of the molecule is C#Cc1c(F)ccc2cc(OCOC)cc(-c3ncc4c(N5CC6CCC(C5)N6C(=O)OC(C)(C)C)nc(C)c(N=C(c5ccccc5)c5ccccc5)c4c3F)c12. The number of aromatic nitrogens is 2. The maximum absolute atomic E-state index is 18.1. The zero-order chi connectivity index (χ0) is 40.7. The molecule has 11 heteroatoms. The molecule has 58 heavy (non-hydrogen) atoms. The molecule has 294 valence electrons. The van der Waals surface area contributed by atoms with Crippen LogP contribution in [0.4, 0.5) is 25.1 Å². The van der Waals surface area contributed by atoms with Crippen LogP contribution in [0.2, 0.25) is 0 Å².